The van der Waals surface area contributed by atoms with E-state index >= 15 is 0 Å². The molecular formula is C15H15BrN2O2S. The van der Waals surface area contributed by atoms with Crippen LogP contribution in [0.4, 0.5) is 5.69 Å². The standard InChI is InChI=1S/C15H15BrN2O2S/c1-10(17)15(19)18-12-3-2-4-14(9-12)21(20)13-7-5-11(16)6-8-13/h2-10H,17H2,1H3,(H,18,19). The monoisotopic (exact) mass is 366 g/mol. The Labute approximate surface area is 134 Å². The molecule has 0 aromatic heterocycles. The van der Waals surface area contributed by atoms with Crippen LogP contribution in [0, 0.1) is 0 Å². The van der Waals surface area contributed by atoms with E-state index in [2.05, 4.69) is 21.2 Å². The zero-order valence-corrected chi connectivity index (χ0v) is 13.8. The van der Waals surface area contributed by atoms with E-state index in [4.69, 9.17) is 5.73 Å². The Kier molecular flexibility index (Phi) is 5.27. The van der Waals surface area contributed by atoms with Gasteiger partial charge in [-0.05, 0) is 49.4 Å². The second-order valence-electron chi connectivity index (χ2n) is 4.53. The number of carbonyl (C=O) groups excluding carboxylic acids is 1. The van der Waals surface area contributed by atoms with Crippen molar-refractivity contribution in [2.45, 2.75) is 22.8 Å². The van der Waals surface area contributed by atoms with Gasteiger partial charge in [0.05, 0.1) is 16.8 Å². The molecule has 110 valence electrons. The fourth-order valence-electron chi connectivity index (χ4n) is 1.64. The summed E-state index contributed by atoms with van der Waals surface area (Å²) in [5, 5.41) is 2.69. The highest BCUT2D eigenvalue weighted by Crippen LogP contribution is 2.21. The molecule has 0 heterocycles. The summed E-state index contributed by atoms with van der Waals surface area (Å²) in [7, 11) is -1.29. The Morgan fingerprint density at radius 2 is 1.86 bits per heavy atom. The molecule has 0 bridgehead atoms. The smallest absolute Gasteiger partial charge is 0.240 e. The molecule has 2 aromatic rings. The molecule has 4 nitrogen and oxygen atoms in total. The summed E-state index contributed by atoms with van der Waals surface area (Å²) < 4.78 is 13.4. The summed E-state index contributed by atoms with van der Waals surface area (Å²) in [6, 6.07) is 13.6. The van der Waals surface area contributed by atoms with Gasteiger partial charge in [0.25, 0.3) is 0 Å². The molecule has 2 unspecified atom stereocenters. The normalized spacial score (nSPS) is 13.5. The van der Waals surface area contributed by atoms with Crippen LogP contribution >= 0.6 is 15.9 Å². The maximum Gasteiger partial charge on any atom is 0.240 e. The number of hydrogen-bond donors (Lipinski definition) is 2. The summed E-state index contributed by atoms with van der Waals surface area (Å²) in [5.74, 6) is -0.276. The number of halogens is 1. The first-order valence-corrected chi connectivity index (χ1v) is 8.25. The summed E-state index contributed by atoms with van der Waals surface area (Å²) in [4.78, 5) is 12.9. The highest BCUT2D eigenvalue weighted by molar-refractivity contribution is 9.10. The van der Waals surface area contributed by atoms with E-state index in [-0.39, 0.29) is 5.91 Å². The fraction of sp³-hybridized carbons (Fsp3) is 0.133. The van der Waals surface area contributed by atoms with Crippen molar-refractivity contribution >= 4 is 38.3 Å². The number of anilines is 1. The van der Waals surface area contributed by atoms with Gasteiger partial charge in [0.1, 0.15) is 0 Å². The lowest BCUT2D eigenvalue weighted by atomic mass is 10.3. The Morgan fingerprint density at radius 3 is 2.48 bits per heavy atom. The van der Waals surface area contributed by atoms with Crippen LogP contribution in [-0.4, -0.2) is 16.2 Å². The molecule has 0 aliphatic rings. The predicted octanol–water partition coefficient (Wildman–Crippen LogP) is 2.90. The second kappa shape index (κ2) is 6.98. The molecule has 2 aromatic carbocycles. The van der Waals surface area contributed by atoms with E-state index in [0.29, 0.717) is 15.5 Å². The molecule has 0 spiro atoms. The highest BCUT2D eigenvalue weighted by atomic mass is 79.9. The molecule has 0 aliphatic heterocycles. The van der Waals surface area contributed by atoms with Crippen LogP contribution in [0.2, 0.25) is 0 Å². The second-order valence-corrected chi connectivity index (χ2v) is 6.92. The highest BCUT2D eigenvalue weighted by Gasteiger charge is 2.10. The molecule has 0 aliphatic carbocycles. The molecule has 21 heavy (non-hydrogen) atoms. The minimum Gasteiger partial charge on any atom is -0.325 e. The molecule has 2 atom stereocenters. The van der Waals surface area contributed by atoms with Crippen molar-refractivity contribution in [1.82, 2.24) is 0 Å². The zero-order chi connectivity index (χ0) is 15.4. The Hall–Kier alpha value is -1.50. The number of nitrogens with two attached hydrogens (primary N) is 1. The van der Waals surface area contributed by atoms with Crippen molar-refractivity contribution in [3.05, 3.63) is 53.0 Å². The van der Waals surface area contributed by atoms with Crippen LogP contribution in [0.25, 0.3) is 0 Å². The first-order chi connectivity index (χ1) is 9.97. The molecule has 2 rings (SSSR count). The van der Waals surface area contributed by atoms with Gasteiger partial charge in [0, 0.05) is 20.0 Å². The third kappa shape index (κ3) is 4.23. The zero-order valence-electron chi connectivity index (χ0n) is 11.4. The van der Waals surface area contributed by atoms with Gasteiger partial charge in [0.2, 0.25) is 5.91 Å². The SMILES string of the molecule is CC(N)C(=O)Nc1cccc(S(=O)c2ccc(Br)cc2)c1. The Bertz CT molecular complexity index is 672. The largest absolute Gasteiger partial charge is 0.325 e. The van der Waals surface area contributed by atoms with Gasteiger partial charge >= 0.3 is 0 Å². The van der Waals surface area contributed by atoms with E-state index in [1.807, 2.05) is 12.1 Å². The van der Waals surface area contributed by atoms with E-state index in [0.717, 1.165) is 4.47 Å². The van der Waals surface area contributed by atoms with Gasteiger partial charge in [-0.25, -0.2) is 4.21 Å². The third-order valence-corrected chi connectivity index (χ3v) is 4.67. The Balaban J connectivity index is 2.22. The fourth-order valence-corrected chi connectivity index (χ4v) is 3.00. The summed E-state index contributed by atoms with van der Waals surface area (Å²) >= 11 is 3.34. The molecule has 6 heteroatoms. The van der Waals surface area contributed by atoms with Crippen LogP contribution in [0.15, 0.2) is 62.8 Å². The van der Waals surface area contributed by atoms with Crippen LogP contribution in [-0.2, 0) is 15.6 Å². The number of benzene rings is 2. The molecule has 0 radical (unpaired) electrons. The van der Waals surface area contributed by atoms with Crippen molar-refractivity contribution in [2.24, 2.45) is 5.73 Å². The van der Waals surface area contributed by atoms with E-state index in [1.165, 1.54) is 0 Å². The lowest BCUT2D eigenvalue weighted by Gasteiger charge is -2.09. The van der Waals surface area contributed by atoms with Gasteiger partial charge in [-0.2, -0.15) is 0 Å². The maximum absolute atomic E-state index is 12.5. The van der Waals surface area contributed by atoms with Crippen LogP contribution in [0.3, 0.4) is 0 Å². The average Bonchev–Trinajstić information content (AvgIpc) is 2.47. The Morgan fingerprint density at radius 1 is 1.19 bits per heavy atom. The topological polar surface area (TPSA) is 72.2 Å². The van der Waals surface area contributed by atoms with Crippen molar-refractivity contribution in [2.75, 3.05) is 5.32 Å². The summed E-state index contributed by atoms with van der Waals surface area (Å²) in [6.45, 7) is 1.61. The van der Waals surface area contributed by atoms with Crippen LogP contribution in [0.1, 0.15) is 6.92 Å². The van der Waals surface area contributed by atoms with E-state index < -0.39 is 16.8 Å². The number of hydrogen-bond acceptors (Lipinski definition) is 3. The van der Waals surface area contributed by atoms with Crippen molar-refractivity contribution in [3.8, 4) is 0 Å². The molecule has 0 saturated heterocycles. The predicted molar refractivity (Wildman–Crippen MR) is 87.5 cm³/mol. The van der Waals surface area contributed by atoms with Crippen LogP contribution < -0.4 is 11.1 Å². The lowest BCUT2D eigenvalue weighted by molar-refractivity contribution is -0.117. The summed E-state index contributed by atoms with van der Waals surface area (Å²) in [5.41, 5.74) is 6.09. The van der Waals surface area contributed by atoms with Gasteiger partial charge in [-0.3, -0.25) is 4.79 Å². The first kappa shape index (κ1) is 15.9. The number of rotatable bonds is 4. The molecule has 0 fully saturated rings. The third-order valence-electron chi connectivity index (χ3n) is 2.76. The van der Waals surface area contributed by atoms with Gasteiger partial charge in [-0.1, -0.05) is 22.0 Å². The van der Waals surface area contributed by atoms with Crippen LogP contribution in [0.5, 0.6) is 0 Å². The van der Waals surface area contributed by atoms with Crippen molar-refractivity contribution < 1.29 is 9.00 Å². The number of carbonyl (C=O) groups is 1. The van der Waals surface area contributed by atoms with Gasteiger partial charge < -0.3 is 11.1 Å². The molecular weight excluding hydrogens is 352 g/mol. The van der Waals surface area contributed by atoms with Gasteiger partial charge in [-0.15, -0.1) is 0 Å². The maximum atomic E-state index is 12.5. The number of amides is 1. The van der Waals surface area contributed by atoms with Crippen molar-refractivity contribution in [3.63, 3.8) is 0 Å². The molecule has 3 N–H and O–H groups in total. The van der Waals surface area contributed by atoms with E-state index in [9.17, 15) is 9.00 Å². The molecule has 0 saturated carbocycles. The van der Waals surface area contributed by atoms with Crippen molar-refractivity contribution in [1.29, 1.82) is 0 Å². The minimum absolute atomic E-state index is 0.276. The molecule has 1 amide bonds. The van der Waals surface area contributed by atoms with E-state index in [1.54, 1.807) is 43.3 Å². The first-order valence-electron chi connectivity index (χ1n) is 6.31. The van der Waals surface area contributed by atoms with Gasteiger partial charge in [0.15, 0.2) is 0 Å². The summed E-state index contributed by atoms with van der Waals surface area (Å²) in [6.07, 6.45) is 0. The number of nitrogens with one attached hydrogen (secondary N) is 1. The average molecular weight is 367 g/mol. The minimum atomic E-state index is -1.29. The quantitative estimate of drug-likeness (QED) is 0.873. The lowest BCUT2D eigenvalue weighted by Crippen LogP contribution is -2.32.